The second-order valence-corrected chi connectivity index (χ2v) is 6.23. The summed E-state index contributed by atoms with van der Waals surface area (Å²) in [5, 5.41) is 14.1. The molecule has 29 heavy (non-hydrogen) atoms. The van der Waals surface area contributed by atoms with Gasteiger partial charge in [-0.15, -0.1) is 0 Å². The number of para-hydroxylation sites is 2. The molecule has 1 N–H and O–H groups in total. The van der Waals surface area contributed by atoms with Crippen LogP contribution in [-0.4, -0.2) is 30.0 Å². The van der Waals surface area contributed by atoms with Crippen LogP contribution >= 0.6 is 0 Å². The molecule has 0 aliphatic rings. The van der Waals surface area contributed by atoms with Gasteiger partial charge in [-0.25, -0.2) is 4.79 Å². The quantitative estimate of drug-likeness (QED) is 0.380. The van der Waals surface area contributed by atoms with Crippen LogP contribution < -0.4 is 10.1 Å². The number of nitrogens with zero attached hydrogens (tertiary/aromatic N) is 1. The topological polar surface area (TPSA) is 121 Å². The molecule has 9 nitrogen and oxygen atoms in total. The predicted octanol–water partition coefficient (Wildman–Crippen LogP) is 3.84. The number of nitro groups is 1. The van der Waals surface area contributed by atoms with Crippen LogP contribution in [0.4, 0.5) is 11.4 Å². The second-order valence-electron chi connectivity index (χ2n) is 6.23. The van der Waals surface area contributed by atoms with Crippen molar-refractivity contribution in [2.45, 2.75) is 20.0 Å². The number of methoxy groups -OCH3 is 1. The maximum absolute atomic E-state index is 12.5. The Hall–Kier alpha value is -3.88. The van der Waals surface area contributed by atoms with E-state index in [0.717, 1.165) is 0 Å². The Labute approximate surface area is 165 Å². The van der Waals surface area contributed by atoms with Crippen molar-refractivity contribution in [3.63, 3.8) is 0 Å². The normalized spacial score (nSPS) is 11.7. The molecule has 2 aromatic carbocycles. The van der Waals surface area contributed by atoms with E-state index >= 15 is 0 Å². The van der Waals surface area contributed by atoms with Crippen LogP contribution in [0.15, 0.2) is 46.9 Å². The number of anilines is 1. The zero-order valence-corrected chi connectivity index (χ0v) is 15.9. The van der Waals surface area contributed by atoms with E-state index in [2.05, 4.69) is 5.32 Å². The van der Waals surface area contributed by atoms with E-state index in [-0.39, 0.29) is 17.1 Å². The highest BCUT2D eigenvalue weighted by molar-refractivity contribution is 6.00. The number of esters is 1. The fourth-order valence-electron chi connectivity index (χ4n) is 2.76. The number of hydrogen-bond acceptors (Lipinski definition) is 7. The number of carbonyl (C=O) groups is 2. The van der Waals surface area contributed by atoms with Crippen LogP contribution in [0.3, 0.4) is 0 Å². The molecule has 0 unspecified atom stereocenters. The summed E-state index contributed by atoms with van der Waals surface area (Å²) in [7, 11) is 1.53. The highest BCUT2D eigenvalue weighted by Crippen LogP contribution is 2.29. The molecule has 0 fully saturated rings. The average molecular weight is 398 g/mol. The van der Waals surface area contributed by atoms with Gasteiger partial charge in [0.2, 0.25) is 5.76 Å². The number of amides is 1. The molecule has 0 aliphatic heterocycles. The van der Waals surface area contributed by atoms with Gasteiger partial charge in [0.25, 0.3) is 11.6 Å². The van der Waals surface area contributed by atoms with Crippen molar-refractivity contribution in [1.82, 2.24) is 0 Å². The largest absolute Gasteiger partial charge is 0.497 e. The molecular weight excluding hydrogens is 380 g/mol. The summed E-state index contributed by atoms with van der Waals surface area (Å²) in [4.78, 5) is 35.3. The van der Waals surface area contributed by atoms with Crippen molar-refractivity contribution in [1.29, 1.82) is 0 Å². The van der Waals surface area contributed by atoms with Gasteiger partial charge >= 0.3 is 5.97 Å². The van der Waals surface area contributed by atoms with Gasteiger partial charge in [-0.3, -0.25) is 14.9 Å². The second kappa shape index (κ2) is 8.01. The monoisotopic (exact) mass is 398 g/mol. The average Bonchev–Trinajstić information content (AvgIpc) is 3.04. The van der Waals surface area contributed by atoms with E-state index in [1.165, 1.54) is 32.2 Å². The number of nitrogens with one attached hydrogen (secondary N) is 1. The van der Waals surface area contributed by atoms with Crippen molar-refractivity contribution in [2.24, 2.45) is 0 Å². The van der Waals surface area contributed by atoms with Crippen molar-refractivity contribution in [3.05, 3.63) is 63.9 Å². The van der Waals surface area contributed by atoms with Crippen LogP contribution in [0.5, 0.6) is 5.75 Å². The maximum atomic E-state index is 12.5. The zero-order valence-electron chi connectivity index (χ0n) is 15.9. The first-order valence-corrected chi connectivity index (χ1v) is 8.64. The van der Waals surface area contributed by atoms with Gasteiger partial charge in [0.1, 0.15) is 17.0 Å². The van der Waals surface area contributed by atoms with Crippen LogP contribution in [-0.2, 0) is 9.53 Å². The molecular formula is C20H18N2O7. The molecule has 0 saturated carbocycles. The number of nitro benzene ring substituents is 1. The summed E-state index contributed by atoms with van der Waals surface area (Å²) < 4.78 is 15.9. The van der Waals surface area contributed by atoms with E-state index < -0.39 is 22.9 Å². The van der Waals surface area contributed by atoms with Crippen molar-refractivity contribution in [3.8, 4) is 5.75 Å². The summed E-state index contributed by atoms with van der Waals surface area (Å²) in [6.07, 6.45) is -1.20. The Morgan fingerprint density at radius 1 is 1.21 bits per heavy atom. The zero-order chi connectivity index (χ0) is 21.1. The summed E-state index contributed by atoms with van der Waals surface area (Å²) in [6, 6.07) is 10.8. The first-order valence-electron chi connectivity index (χ1n) is 8.64. The standard InChI is InChI=1S/C20H18N2O7/c1-11-14-10-13(27-3)8-9-17(14)29-18(11)20(24)28-12(2)19(23)21-15-6-4-5-7-16(15)22(25)26/h4-10,12H,1-3H3,(H,21,23)/t12-/m0/s1. The van der Waals surface area contributed by atoms with Crippen molar-refractivity contribution < 1.29 is 28.4 Å². The first kappa shape index (κ1) is 19.9. The Kier molecular flexibility index (Phi) is 5.49. The lowest BCUT2D eigenvalue weighted by molar-refractivity contribution is -0.383. The summed E-state index contributed by atoms with van der Waals surface area (Å²) >= 11 is 0. The van der Waals surface area contributed by atoms with Crippen LogP contribution in [0, 0.1) is 17.0 Å². The Morgan fingerprint density at radius 3 is 2.62 bits per heavy atom. The van der Waals surface area contributed by atoms with Gasteiger partial charge in [-0.2, -0.15) is 0 Å². The van der Waals surface area contributed by atoms with Crippen LogP contribution in [0.2, 0.25) is 0 Å². The number of ether oxygens (including phenoxy) is 2. The third-order valence-electron chi connectivity index (χ3n) is 4.34. The van der Waals surface area contributed by atoms with Gasteiger partial charge < -0.3 is 19.2 Å². The van der Waals surface area contributed by atoms with E-state index in [1.807, 2.05) is 0 Å². The Morgan fingerprint density at radius 2 is 1.93 bits per heavy atom. The number of benzene rings is 2. The molecule has 150 valence electrons. The number of carbonyl (C=O) groups excluding carboxylic acids is 2. The van der Waals surface area contributed by atoms with Gasteiger partial charge in [0, 0.05) is 17.0 Å². The smallest absolute Gasteiger partial charge is 0.375 e. The predicted molar refractivity (Wildman–Crippen MR) is 104 cm³/mol. The Bertz CT molecular complexity index is 1100. The molecule has 0 spiro atoms. The van der Waals surface area contributed by atoms with Crippen LogP contribution in [0.25, 0.3) is 11.0 Å². The molecule has 0 radical (unpaired) electrons. The molecule has 1 atom stereocenters. The number of fused-ring (bicyclic) bond motifs is 1. The third-order valence-corrected chi connectivity index (χ3v) is 4.34. The lowest BCUT2D eigenvalue weighted by atomic mass is 10.1. The van der Waals surface area contributed by atoms with Crippen LogP contribution in [0.1, 0.15) is 23.0 Å². The van der Waals surface area contributed by atoms with Gasteiger partial charge in [-0.05, 0) is 38.1 Å². The minimum Gasteiger partial charge on any atom is -0.497 e. The van der Waals surface area contributed by atoms with E-state index in [0.29, 0.717) is 22.3 Å². The molecule has 3 rings (SSSR count). The molecule has 3 aromatic rings. The summed E-state index contributed by atoms with van der Waals surface area (Å²) in [5.41, 5.74) is 0.779. The minimum absolute atomic E-state index is 0.0115. The van der Waals surface area contributed by atoms with Crippen molar-refractivity contribution >= 4 is 34.2 Å². The molecule has 0 aliphatic carbocycles. The minimum atomic E-state index is -1.20. The van der Waals surface area contributed by atoms with Crippen molar-refractivity contribution in [2.75, 3.05) is 12.4 Å². The summed E-state index contributed by atoms with van der Waals surface area (Å²) in [6.45, 7) is 3.06. The Balaban J connectivity index is 1.75. The summed E-state index contributed by atoms with van der Waals surface area (Å²) in [5.74, 6) is -0.942. The van der Waals surface area contributed by atoms with E-state index in [1.54, 1.807) is 31.2 Å². The molecule has 0 bridgehead atoms. The van der Waals surface area contributed by atoms with Gasteiger partial charge in [0.05, 0.1) is 12.0 Å². The number of aryl methyl sites for hydroxylation is 1. The first-order chi connectivity index (χ1) is 13.8. The maximum Gasteiger partial charge on any atom is 0.375 e. The van der Waals surface area contributed by atoms with Gasteiger partial charge in [0.15, 0.2) is 6.10 Å². The van der Waals surface area contributed by atoms with E-state index in [4.69, 9.17) is 13.9 Å². The molecule has 0 saturated heterocycles. The fourth-order valence-corrected chi connectivity index (χ4v) is 2.76. The molecule has 9 heteroatoms. The number of hydrogen-bond donors (Lipinski definition) is 1. The highest BCUT2D eigenvalue weighted by Gasteiger charge is 2.25. The molecule has 1 amide bonds. The lowest BCUT2D eigenvalue weighted by Gasteiger charge is -2.13. The lowest BCUT2D eigenvalue weighted by Crippen LogP contribution is -2.30. The van der Waals surface area contributed by atoms with E-state index in [9.17, 15) is 19.7 Å². The highest BCUT2D eigenvalue weighted by atomic mass is 16.6. The fraction of sp³-hybridized carbons (Fsp3) is 0.200. The number of furan rings is 1. The number of rotatable bonds is 6. The van der Waals surface area contributed by atoms with Gasteiger partial charge in [-0.1, -0.05) is 12.1 Å². The SMILES string of the molecule is COc1ccc2oc(C(=O)O[C@@H](C)C(=O)Nc3ccccc3[N+](=O)[O-])c(C)c2c1. The molecule has 1 heterocycles. The molecule has 1 aromatic heterocycles. The third kappa shape index (κ3) is 4.03.